The standard InChI is InChI=1S/C16H23N5O2/c1-12-13(11-20-5-8-22-9-6-20)16-18-3-2-14(21(16)19-12)15-10-17-4-7-23-15/h2-3,15,17H,4-11H2,1H3/t15-/m0/s1. The largest absolute Gasteiger partial charge is 0.379 e. The molecule has 23 heavy (non-hydrogen) atoms. The first-order valence-electron chi connectivity index (χ1n) is 8.28. The highest BCUT2D eigenvalue weighted by Gasteiger charge is 2.22. The molecule has 1 N–H and O–H groups in total. The zero-order chi connectivity index (χ0) is 15.6. The number of aryl methyl sites for hydroxylation is 1. The second kappa shape index (κ2) is 6.52. The van der Waals surface area contributed by atoms with Crippen molar-refractivity contribution in [3.63, 3.8) is 0 Å². The van der Waals surface area contributed by atoms with Crippen LogP contribution in [0.15, 0.2) is 12.3 Å². The minimum atomic E-state index is 0.0322. The molecule has 4 rings (SSSR count). The molecule has 0 amide bonds. The smallest absolute Gasteiger partial charge is 0.160 e. The summed E-state index contributed by atoms with van der Waals surface area (Å²) in [5.41, 5.74) is 4.26. The highest BCUT2D eigenvalue weighted by Crippen LogP contribution is 2.23. The number of morpholine rings is 2. The molecule has 2 fully saturated rings. The summed E-state index contributed by atoms with van der Waals surface area (Å²) in [5, 5.41) is 8.12. The Morgan fingerprint density at radius 2 is 2.17 bits per heavy atom. The Kier molecular flexibility index (Phi) is 4.26. The topological polar surface area (TPSA) is 63.9 Å². The van der Waals surface area contributed by atoms with Gasteiger partial charge in [-0.3, -0.25) is 4.90 Å². The lowest BCUT2D eigenvalue weighted by Gasteiger charge is -2.26. The third-order valence-corrected chi connectivity index (χ3v) is 4.59. The van der Waals surface area contributed by atoms with Crippen LogP contribution in [-0.2, 0) is 16.0 Å². The van der Waals surface area contributed by atoms with Gasteiger partial charge in [0.25, 0.3) is 0 Å². The van der Waals surface area contributed by atoms with E-state index in [0.29, 0.717) is 0 Å². The summed E-state index contributed by atoms with van der Waals surface area (Å²) in [6, 6.07) is 2.01. The van der Waals surface area contributed by atoms with E-state index in [9.17, 15) is 0 Å². The first-order valence-corrected chi connectivity index (χ1v) is 8.28. The first kappa shape index (κ1) is 15.0. The highest BCUT2D eigenvalue weighted by atomic mass is 16.5. The van der Waals surface area contributed by atoms with Gasteiger partial charge < -0.3 is 14.8 Å². The van der Waals surface area contributed by atoms with Gasteiger partial charge in [0.2, 0.25) is 0 Å². The van der Waals surface area contributed by atoms with Crippen molar-refractivity contribution >= 4 is 5.65 Å². The number of fused-ring (bicyclic) bond motifs is 1. The van der Waals surface area contributed by atoms with Gasteiger partial charge in [0, 0.05) is 44.5 Å². The molecule has 0 unspecified atom stereocenters. The molecule has 2 saturated heterocycles. The number of aromatic nitrogens is 3. The van der Waals surface area contributed by atoms with Gasteiger partial charge in [-0.1, -0.05) is 0 Å². The van der Waals surface area contributed by atoms with Gasteiger partial charge in [0.1, 0.15) is 6.10 Å². The number of hydrogen-bond acceptors (Lipinski definition) is 6. The second-order valence-corrected chi connectivity index (χ2v) is 6.12. The molecule has 2 aliphatic rings. The summed E-state index contributed by atoms with van der Waals surface area (Å²) in [7, 11) is 0. The van der Waals surface area contributed by atoms with Gasteiger partial charge >= 0.3 is 0 Å². The number of nitrogens with zero attached hydrogens (tertiary/aromatic N) is 4. The summed E-state index contributed by atoms with van der Waals surface area (Å²) in [6.45, 7) is 8.93. The Labute approximate surface area is 135 Å². The van der Waals surface area contributed by atoms with Gasteiger partial charge in [0.15, 0.2) is 5.65 Å². The van der Waals surface area contributed by atoms with E-state index in [1.54, 1.807) is 0 Å². The molecular weight excluding hydrogens is 294 g/mol. The SMILES string of the molecule is Cc1nn2c([C@@H]3CNCCO3)ccnc2c1CN1CCOCC1. The average Bonchev–Trinajstić information content (AvgIpc) is 2.92. The molecule has 0 spiro atoms. The maximum atomic E-state index is 5.89. The summed E-state index contributed by atoms with van der Waals surface area (Å²) >= 11 is 0. The van der Waals surface area contributed by atoms with Crippen LogP contribution in [0.2, 0.25) is 0 Å². The fraction of sp³-hybridized carbons (Fsp3) is 0.625. The average molecular weight is 317 g/mol. The second-order valence-electron chi connectivity index (χ2n) is 6.12. The third-order valence-electron chi connectivity index (χ3n) is 4.59. The van der Waals surface area contributed by atoms with Crippen LogP contribution >= 0.6 is 0 Å². The van der Waals surface area contributed by atoms with Gasteiger partial charge in [0.05, 0.1) is 31.2 Å². The van der Waals surface area contributed by atoms with Crippen molar-refractivity contribution in [3.05, 3.63) is 29.2 Å². The van der Waals surface area contributed by atoms with Crippen LogP contribution in [0.3, 0.4) is 0 Å². The number of rotatable bonds is 3. The number of nitrogens with one attached hydrogen (secondary N) is 1. The van der Waals surface area contributed by atoms with Crippen LogP contribution in [0.1, 0.15) is 23.1 Å². The normalized spacial score (nSPS) is 23.4. The molecule has 2 aliphatic heterocycles. The Morgan fingerprint density at radius 3 is 2.96 bits per heavy atom. The van der Waals surface area contributed by atoms with Crippen molar-refractivity contribution in [2.24, 2.45) is 0 Å². The van der Waals surface area contributed by atoms with Crippen molar-refractivity contribution < 1.29 is 9.47 Å². The summed E-state index contributed by atoms with van der Waals surface area (Å²) in [5.74, 6) is 0. The van der Waals surface area contributed by atoms with Crippen molar-refractivity contribution in [1.29, 1.82) is 0 Å². The lowest BCUT2D eigenvalue weighted by molar-refractivity contribution is 0.0236. The third kappa shape index (κ3) is 2.97. The van der Waals surface area contributed by atoms with Crippen molar-refractivity contribution in [2.75, 3.05) is 46.0 Å². The van der Waals surface area contributed by atoms with E-state index in [1.165, 1.54) is 5.56 Å². The lowest BCUT2D eigenvalue weighted by atomic mass is 10.2. The summed E-state index contributed by atoms with van der Waals surface area (Å²) < 4.78 is 13.3. The Hall–Kier alpha value is -1.54. The van der Waals surface area contributed by atoms with Crippen molar-refractivity contribution in [2.45, 2.75) is 19.6 Å². The Bertz CT molecular complexity index is 674. The quantitative estimate of drug-likeness (QED) is 0.891. The van der Waals surface area contributed by atoms with E-state index in [1.807, 2.05) is 16.8 Å². The fourth-order valence-electron chi connectivity index (χ4n) is 3.28. The highest BCUT2D eigenvalue weighted by molar-refractivity contribution is 5.50. The molecular formula is C16H23N5O2. The molecule has 2 aromatic rings. The van der Waals surface area contributed by atoms with Crippen LogP contribution in [0, 0.1) is 6.92 Å². The van der Waals surface area contributed by atoms with Crippen LogP contribution in [0.25, 0.3) is 5.65 Å². The first-order chi connectivity index (χ1) is 11.3. The molecule has 0 saturated carbocycles. The lowest BCUT2D eigenvalue weighted by Crippen LogP contribution is -2.35. The molecule has 1 atom stereocenters. The molecule has 7 nitrogen and oxygen atoms in total. The van der Waals surface area contributed by atoms with Gasteiger partial charge in [-0.05, 0) is 13.0 Å². The van der Waals surface area contributed by atoms with Crippen molar-refractivity contribution in [1.82, 2.24) is 24.8 Å². The van der Waals surface area contributed by atoms with Gasteiger partial charge in [-0.15, -0.1) is 0 Å². The summed E-state index contributed by atoms with van der Waals surface area (Å²) in [6.07, 6.45) is 1.90. The van der Waals surface area contributed by atoms with Crippen LogP contribution in [-0.4, -0.2) is 65.5 Å². The van der Waals surface area contributed by atoms with Gasteiger partial charge in [-0.2, -0.15) is 5.10 Å². The van der Waals surface area contributed by atoms with Crippen molar-refractivity contribution in [3.8, 4) is 0 Å². The van der Waals surface area contributed by atoms with Crippen LogP contribution in [0.4, 0.5) is 0 Å². The Morgan fingerprint density at radius 1 is 1.30 bits per heavy atom. The molecule has 0 bridgehead atoms. The predicted molar refractivity (Wildman–Crippen MR) is 85.4 cm³/mol. The minimum Gasteiger partial charge on any atom is -0.379 e. The minimum absolute atomic E-state index is 0.0322. The van der Waals surface area contributed by atoms with E-state index >= 15 is 0 Å². The van der Waals surface area contributed by atoms with E-state index in [0.717, 1.165) is 69.6 Å². The number of hydrogen-bond donors (Lipinski definition) is 1. The fourth-order valence-corrected chi connectivity index (χ4v) is 3.28. The van der Waals surface area contributed by atoms with Gasteiger partial charge in [-0.25, -0.2) is 9.50 Å². The molecule has 2 aromatic heterocycles. The number of ether oxygens (including phenoxy) is 2. The zero-order valence-electron chi connectivity index (χ0n) is 13.5. The molecule has 0 aromatic carbocycles. The maximum absolute atomic E-state index is 5.89. The van der Waals surface area contributed by atoms with E-state index in [2.05, 4.69) is 22.1 Å². The van der Waals surface area contributed by atoms with Crippen LogP contribution < -0.4 is 5.32 Å². The maximum Gasteiger partial charge on any atom is 0.160 e. The monoisotopic (exact) mass is 317 g/mol. The van der Waals surface area contributed by atoms with E-state index < -0.39 is 0 Å². The predicted octanol–water partition coefficient (Wildman–Crippen LogP) is 0.531. The molecule has 7 heteroatoms. The molecule has 124 valence electrons. The van der Waals surface area contributed by atoms with E-state index in [4.69, 9.17) is 14.6 Å². The zero-order valence-corrected chi connectivity index (χ0v) is 13.5. The Balaban J connectivity index is 1.67. The molecule has 0 aliphatic carbocycles. The van der Waals surface area contributed by atoms with E-state index in [-0.39, 0.29) is 6.10 Å². The van der Waals surface area contributed by atoms with Crippen LogP contribution in [0.5, 0.6) is 0 Å². The molecule has 0 radical (unpaired) electrons. The summed E-state index contributed by atoms with van der Waals surface area (Å²) in [4.78, 5) is 6.99. The molecule has 4 heterocycles.